The van der Waals surface area contributed by atoms with E-state index in [4.69, 9.17) is 5.11 Å². The largest absolute Gasteiger partial charge is 0.476 e. The molecular formula is C6H5FN2O4. The summed E-state index contributed by atoms with van der Waals surface area (Å²) in [6.07, 6.45) is 0. The number of nitrogens with zero attached hydrogens (tertiary/aromatic N) is 1. The summed E-state index contributed by atoms with van der Waals surface area (Å²) in [6.45, 7) is 0. The van der Waals surface area contributed by atoms with E-state index >= 15 is 0 Å². The maximum atomic E-state index is 12.8. The normalized spacial score (nSPS) is 10.0. The molecule has 0 saturated carbocycles. The van der Waals surface area contributed by atoms with Gasteiger partial charge in [-0.2, -0.15) is 4.39 Å². The molecule has 7 heteroatoms. The van der Waals surface area contributed by atoms with Gasteiger partial charge >= 0.3 is 11.7 Å². The van der Waals surface area contributed by atoms with Crippen LogP contribution in [0.1, 0.15) is 10.5 Å². The lowest BCUT2D eigenvalue weighted by Gasteiger charge is -1.98. The van der Waals surface area contributed by atoms with E-state index in [1.54, 1.807) is 4.98 Å². The van der Waals surface area contributed by atoms with Crippen LogP contribution in [0, 0.1) is 5.82 Å². The fourth-order valence-electron chi connectivity index (χ4n) is 0.739. The summed E-state index contributed by atoms with van der Waals surface area (Å²) in [6, 6.07) is 0. The Labute approximate surface area is 70.3 Å². The number of aromatic amines is 1. The van der Waals surface area contributed by atoms with E-state index in [0.717, 1.165) is 7.05 Å². The van der Waals surface area contributed by atoms with Crippen molar-refractivity contribution in [3.8, 4) is 0 Å². The minimum atomic E-state index is -1.69. The number of rotatable bonds is 1. The molecule has 0 amide bonds. The van der Waals surface area contributed by atoms with Gasteiger partial charge in [0.25, 0.3) is 5.56 Å². The van der Waals surface area contributed by atoms with Gasteiger partial charge in [0.05, 0.1) is 0 Å². The molecule has 0 unspecified atom stereocenters. The van der Waals surface area contributed by atoms with Crippen LogP contribution >= 0.6 is 0 Å². The molecule has 0 radical (unpaired) electrons. The average Bonchev–Trinajstić information content (AvgIpc) is 2.07. The Kier molecular flexibility index (Phi) is 2.01. The van der Waals surface area contributed by atoms with Gasteiger partial charge in [0.15, 0.2) is 5.69 Å². The van der Waals surface area contributed by atoms with Crippen molar-refractivity contribution < 1.29 is 14.3 Å². The number of nitrogens with one attached hydrogen (secondary N) is 1. The molecule has 0 spiro atoms. The molecule has 13 heavy (non-hydrogen) atoms. The minimum Gasteiger partial charge on any atom is -0.476 e. The van der Waals surface area contributed by atoms with Crippen molar-refractivity contribution in [2.45, 2.75) is 0 Å². The molecule has 0 aliphatic rings. The van der Waals surface area contributed by atoms with Gasteiger partial charge in [0, 0.05) is 7.05 Å². The zero-order valence-electron chi connectivity index (χ0n) is 6.50. The van der Waals surface area contributed by atoms with Gasteiger partial charge in [-0.05, 0) is 0 Å². The number of carboxylic acid groups (broad SMARTS) is 1. The molecule has 0 bridgehead atoms. The van der Waals surface area contributed by atoms with E-state index in [-0.39, 0.29) is 0 Å². The van der Waals surface area contributed by atoms with Gasteiger partial charge in [-0.1, -0.05) is 0 Å². The van der Waals surface area contributed by atoms with Crippen LogP contribution in [0.15, 0.2) is 9.59 Å². The van der Waals surface area contributed by atoms with E-state index in [9.17, 15) is 18.8 Å². The second-order valence-corrected chi connectivity index (χ2v) is 2.29. The molecular weight excluding hydrogens is 183 g/mol. The van der Waals surface area contributed by atoms with Gasteiger partial charge in [-0.3, -0.25) is 14.3 Å². The number of hydrogen-bond donors (Lipinski definition) is 2. The molecule has 6 nitrogen and oxygen atoms in total. The van der Waals surface area contributed by atoms with Crippen molar-refractivity contribution in [1.29, 1.82) is 0 Å². The highest BCUT2D eigenvalue weighted by Gasteiger charge is 2.16. The third-order valence-corrected chi connectivity index (χ3v) is 1.46. The standard InChI is InChI=1S/C6H5FN2O4/c1-9-4(10)2(7)3(5(11)12)8-6(9)13/h1H3,(H,8,13)(H,11,12). The van der Waals surface area contributed by atoms with E-state index in [1.165, 1.54) is 0 Å². The summed E-state index contributed by atoms with van der Waals surface area (Å²) < 4.78 is 13.3. The summed E-state index contributed by atoms with van der Waals surface area (Å²) in [4.78, 5) is 33.6. The maximum Gasteiger partial charge on any atom is 0.355 e. The van der Waals surface area contributed by atoms with Gasteiger partial charge in [-0.15, -0.1) is 0 Å². The number of carboxylic acids is 1. The summed E-state index contributed by atoms with van der Waals surface area (Å²) in [5.41, 5.74) is -3.25. The average molecular weight is 188 g/mol. The van der Waals surface area contributed by atoms with Crippen LogP contribution in [0.4, 0.5) is 4.39 Å². The highest BCUT2D eigenvalue weighted by molar-refractivity contribution is 5.85. The van der Waals surface area contributed by atoms with E-state index in [0.29, 0.717) is 4.57 Å². The Balaban J connectivity index is 3.70. The van der Waals surface area contributed by atoms with Gasteiger partial charge in [-0.25, -0.2) is 9.59 Å². The van der Waals surface area contributed by atoms with Crippen LogP contribution < -0.4 is 11.2 Å². The molecule has 0 aliphatic heterocycles. The van der Waals surface area contributed by atoms with E-state index in [1.807, 2.05) is 0 Å². The lowest BCUT2D eigenvalue weighted by Crippen LogP contribution is -2.37. The highest BCUT2D eigenvalue weighted by Crippen LogP contribution is 1.93. The zero-order chi connectivity index (χ0) is 10.2. The second-order valence-electron chi connectivity index (χ2n) is 2.29. The quantitative estimate of drug-likeness (QED) is 0.585. The number of aromatic nitrogens is 2. The second kappa shape index (κ2) is 2.85. The first-order chi connectivity index (χ1) is 5.95. The molecule has 0 atom stereocenters. The SMILES string of the molecule is Cn1c(=O)[nH]c(C(=O)O)c(F)c1=O. The van der Waals surface area contributed by atoms with E-state index < -0.39 is 28.7 Å². The highest BCUT2D eigenvalue weighted by atomic mass is 19.1. The van der Waals surface area contributed by atoms with Crippen LogP contribution in [0.3, 0.4) is 0 Å². The maximum absolute atomic E-state index is 12.8. The van der Waals surface area contributed by atoms with Crippen molar-refractivity contribution in [2.75, 3.05) is 0 Å². The number of hydrogen-bond acceptors (Lipinski definition) is 3. The third-order valence-electron chi connectivity index (χ3n) is 1.46. The summed E-state index contributed by atoms with van der Waals surface area (Å²) in [7, 11) is 1.04. The molecule has 1 heterocycles. The number of halogens is 1. The van der Waals surface area contributed by atoms with Crippen molar-refractivity contribution >= 4 is 5.97 Å². The van der Waals surface area contributed by atoms with Gasteiger partial charge in [0.2, 0.25) is 5.82 Å². The Morgan fingerprint density at radius 3 is 2.54 bits per heavy atom. The third kappa shape index (κ3) is 1.35. The van der Waals surface area contributed by atoms with Crippen LogP contribution in [-0.2, 0) is 7.05 Å². The molecule has 0 aliphatic carbocycles. The van der Waals surface area contributed by atoms with Crippen molar-refractivity contribution in [3.05, 3.63) is 32.3 Å². The minimum absolute atomic E-state index is 0.446. The Morgan fingerprint density at radius 2 is 2.08 bits per heavy atom. The summed E-state index contributed by atoms with van der Waals surface area (Å²) in [5.74, 6) is -3.16. The van der Waals surface area contributed by atoms with Crippen LogP contribution in [-0.4, -0.2) is 20.6 Å². The van der Waals surface area contributed by atoms with Crippen molar-refractivity contribution in [2.24, 2.45) is 7.05 Å². The first-order valence-electron chi connectivity index (χ1n) is 3.17. The fourth-order valence-corrected chi connectivity index (χ4v) is 0.739. The molecule has 2 N–H and O–H groups in total. The van der Waals surface area contributed by atoms with Crippen LogP contribution in [0.25, 0.3) is 0 Å². The van der Waals surface area contributed by atoms with Crippen LogP contribution in [0.2, 0.25) is 0 Å². The smallest absolute Gasteiger partial charge is 0.355 e. The lowest BCUT2D eigenvalue weighted by atomic mass is 10.4. The molecule has 1 rings (SSSR count). The predicted molar refractivity (Wildman–Crippen MR) is 39.2 cm³/mol. The van der Waals surface area contributed by atoms with Gasteiger partial charge < -0.3 is 5.11 Å². The molecule has 0 fully saturated rings. The zero-order valence-corrected chi connectivity index (χ0v) is 6.50. The first-order valence-corrected chi connectivity index (χ1v) is 3.17. The topological polar surface area (TPSA) is 92.2 Å². The summed E-state index contributed by atoms with van der Waals surface area (Å²) in [5, 5.41) is 8.35. The molecule has 70 valence electrons. The Hall–Kier alpha value is -1.92. The Morgan fingerprint density at radius 1 is 1.54 bits per heavy atom. The first kappa shape index (κ1) is 9.17. The van der Waals surface area contributed by atoms with Gasteiger partial charge in [0.1, 0.15) is 0 Å². The predicted octanol–water partition coefficient (Wildman–Crippen LogP) is -1.09. The Bertz CT molecular complexity index is 473. The molecule has 1 aromatic heterocycles. The number of aromatic carboxylic acids is 1. The number of H-pyrrole nitrogens is 1. The molecule has 1 aromatic rings. The van der Waals surface area contributed by atoms with E-state index in [2.05, 4.69) is 0 Å². The molecule has 0 saturated heterocycles. The molecule has 0 aromatic carbocycles. The van der Waals surface area contributed by atoms with Crippen molar-refractivity contribution in [1.82, 2.24) is 9.55 Å². The fraction of sp³-hybridized carbons (Fsp3) is 0.167. The van der Waals surface area contributed by atoms with Crippen molar-refractivity contribution in [3.63, 3.8) is 0 Å². The number of carbonyl (C=O) groups is 1. The summed E-state index contributed by atoms with van der Waals surface area (Å²) >= 11 is 0. The monoisotopic (exact) mass is 188 g/mol. The van der Waals surface area contributed by atoms with Crippen LogP contribution in [0.5, 0.6) is 0 Å². The lowest BCUT2D eigenvalue weighted by molar-refractivity contribution is 0.0683.